The standard InChI is InChI=1S/C14H12Cl2O2S2/c15-11-5-1-3-9(7-11)13(17)19-20-14(18)10-4-2-6-12(16)8-10/h1-8,13-14,17-18H. The summed E-state index contributed by atoms with van der Waals surface area (Å²) in [6, 6.07) is 14.0. The van der Waals surface area contributed by atoms with Gasteiger partial charge in [0.1, 0.15) is 10.9 Å². The highest BCUT2D eigenvalue weighted by Gasteiger charge is 2.14. The Hall–Kier alpha value is -0.360. The SMILES string of the molecule is OC(SSC(O)c1cccc(Cl)c1)c1cccc(Cl)c1. The van der Waals surface area contributed by atoms with Crippen molar-refractivity contribution in [1.82, 2.24) is 0 Å². The molecule has 0 aliphatic carbocycles. The third kappa shape index (κ3) is 4.58. The average molecular weight is 347 g/mol. The molecule has 0 saturated carbocycles. The van der Waals surface area contributed by atoms with Gasteiger partial charge >= 0.3 is 0 Å². The van der Waals surface area contributed by atoms with Crippen molar-refractivity contribution in [1.29, 1.82) is 0 Å². The number of aliphatic hydroxyl groups is 2. The summed E-state index contributed by atoms with van der Waals surface area (Å²) in [4.78, 5) is 0. The van der Waals surface area contributed by atoms with E-state index in [9.17, 15) is 10.2 Å². The molecule has 2 aromatic rings. The summed E-state index contributed by atoms with van der Waals surface area (Å²) in [6.07, 6.45) is 0. The molecule has 0 fully saturated rings. The molecule has 0 aromatic heterocycles. The number of halogens is 2. The van der Waals surface area contributed by atoms with Crippen molar-refractivity contribution in [3.8, 4) is 0 Å². The van der Waals surface area contributed by atoms with Crippen LogP contribution in [0.1, 0.15) is 22.0 Å². The quantitative estimate of drug-likeness (QED) is 0.586. The van der Waals surface area contributed by atoms with Crippen LogP contribution >= 0.6 is 44.8 Å². The third-order valence-electron chi connectivity index (χ3n) is 2.51. The molecule has 106 valence electrons. The lowest BCUT2D eigenvalue weighted by atomic mass is 10.2. The summed E-state index contributed by atoms with van der Waals surface area (Å²) in [5, 5.41) is 21.2. The minimum atomic E-state index is -0.757. The molecule has 0 saturated heterocycles. The van der Waals surface area contributed by atoms with Crippen molar-refractivity contribution in [2.24, 2.45) is 0 Å². The lowest BCUT2D eigenvalue weighted by Crippen LogP contribution is -1.93. The maximum atomic E-state index is 10.0. The van der Waals surface area contributed by atoms with Crippen LogP contribution in [-0.4, -0.2) is 10.2 Å². The molecule has 0 amide bonds. The Bertz CT molecular complexity index is 529. The van der Waals surface area contributed by atoms with E-state index in [0.717, 1.165) is 0 Å². The molecule has 0 heterocycles. The van der Waals surface area contributed by atoms with E-state index in [-0.39, 0.29) is 0 Å². The van der Waals surface area contributed by atoms with Gasteiger partial charge in [0.2, 0.25) is 0 Å². The Balaban J connectivity index is 1.94. The zero-order valence-electron chi connectivity index (χ0n) is 10.2. The highest BCUT2D eigenvalue weighted by Crippen LogP contribution is 2.44. The molecule has 2 rings (SSSR count). The molecular formula is C14H12Cl2O2S2. The lowest BCUT2D eigenvalue weighted by Gasteiger charge is -2.14. The van der Waals surface area contributed by atoms with Crippen molar-refractivity contribution in [2.75, 3.05) is 0 Å². The second-order valence-electron chi connectivity index (χ2n) is 4.01. The van der Waals surface area contributed by atoms with Gasteiger partial charge in [-0.1, -0.05) is 69.1 Å². The van der Waals surface area contributed by atoms with E-state index in [2.05, 4.69) is 0 Å². The van der Waals surface area contributed by atoms with Crippen molar-refractivity contribution < 1.29 is 10.2 Å². The molecule has 2 nitrogen and oxygen atoms in total. The highest BCUT2D eigenvalue weighted by atomic mass is 35.5. The van der Waals surface area contributed by atoms with Crippen LogP contribution in [0.15, 0.2) is 48.5 Å². The number of aliphatic hydroxyl groups excluding tert-OH is 2. The fourth-order valence-corrected chi connectivity index (χ4v) is 3.96. The molecule has 20 heavy (non-hydrogen) atoms. The summed E-state index contributed by atoms with van der Waals surface area (Å²) in [5.74, 6) is 0. The lowest BCUT2D eigenvalue weighted by molar-refractivity contribution is 0.267. The van der Waals surface area contributed by atoms with Gasteiger partial charge in [-0.05, 0) is 35.4 Å². The van der Waals surface area contributed by atoms with Crippen LogP contribution in [-0.2, 0) is 0 Å². The first kappa shape index (κ1) is 16.0. The monoisotopic (exact) mass is 346 g/mol. The second kappa shape index (κ2) is 7.59. The fourth-order valence-electron chi connectivity index (χ4n) is 1.54. The van der Waals surface area contributed by atoms with E-state index in [1.807, 2.05) is 0 Å². The van der Waals surface area contributed by atoms with E-state index in [1.165, 1.54) is 21.6 Å². The summed E-state index contributed by atoms with van der Waals surface area (Å²) < 4.78 is 0. The molecule has 0 aliphatic rings. The Morgan fingerprint density at radius 2 is 1.15 bits per heavy atom. The van der Waals surface area contributed by atoms with E-state index in [4.69, 9.17) is 23.2 Å². The number of benzene rings is 2. The van der Waals surface area contributed by atoms with Crippen molar-refractivity contribution >= 4 is 44.8 Å². The first-order valence-electron chi connectivity index (χ1n) is 5.75. The fraction of sp³-hybridized carbons (Fsp3) is 0.143. The van der Waals surface area contributed by atoms with Crippen molar-refractivity contribution in [2.45, 2.75) is 10.9 Å². The van der Waals surface area contributed by atoms with Gasteiger partial charge in [0.25, 0.3) is 0 Å². The van der Waals surface area contributed by atoms with Gasteiger partial charge in [-0.2, -0.15) is 0 Å². The van der Waals surface area contributed by atoms with Gasteiger partial charge in [0.05, 0.1) is 0 Å². The van der Waals surface area contributed by atoms with Gasteiger partial charge < -0.3 is 10.2 Å². The first-order valence-corrected chi connectivity index (χ1v) is 8.78. The van der Waals surface area contributed by atoms with Gasteiger partial charge in [-0.15, -0.1) is 0 Å². The van der Waals surface area contributed by atoms with Gasteiger partial charge in [-0.25, -0.2) is 0 Å². The summed E-state index contributed by atoms with van der Waals surface area (Å²) in [7, 11) is 2.33. The van der Waals surface area contributed by atoms with Crippen LogP contribution in [0.2, 0.25) is 10.0 Å². The molecule has 2 unspecified atom stereocenters. The largest absolute Gasteiger partial charge is 0.377 e. The summed E-state index contributed by atoms with van der Waals surface area (Å²) in [5.41, 5.74) is -0.110. The molecule has 2 N–H and O–H groups in total. The predicted molar refractivity (Wildman–Crippen MR) is 88.0 cm³/mol. The molecule has 2 atom stereocenters. The van der Waals surface area contributed by atoms with Crippen LogP contribution < -0.4 is 0 Å². The van der Waals surface area contributed by atoms with E-state index in [0.29, 0.717) is 21.2 Å². The topological polar surface area (TPSA) is 40.5 Å². The second-order valence-corrected chi connectivity index (χ2v) is 7.31. The molecule has 0 aliphatic heterocycles. The van der Waals surface area contributed by atoms with E-state index >= 15 is 0 Å². The van der Waals surface area contributed by atoms with Crippen LogP contribution in [0.25, 0.3) is 0 Å². The Morgan fingerprint density at radius 3 is 1.50 bits per heavy atom. The van der Waals surface area contributed by atoms with Crippen LogP contribution in [0.3, 0.4) is 0 Å². The van der Waals surface area contributed by atoms with Gasteiger partial charge in [-0.3, -0.25) is 0 Å². The third-order valence-corrected chi connectivity index (χ3v) is 5.42. The maximum absolute atomic E-state index is 10.0. The molecule has 6 heteroatoms. The zero-order chi connectivity index (χ0) is 14.5. The van der Waals surface area contributed by atoms with Crippen LogP contribution in [0.5, 0.6) is 0 Å². The minimum Gasteiger partial charge on any atom is -0.377 e. The van der Waals surface area contributed by atoms with Crippen molar-refractivity contribution in [3.63, 3.8) is 0 Å². The average Bonchev–Trinajstić information content (AvgIpc) is 2.44. The summed E-state index contributed by atoms with van der Waals surface area (Å²) >= 11 is 11.7. The molecule has 2 aromatic carbocycles. The summed E-state index contributed by atoms with van der Waals surface area (Å²) in [6.45, 7) is 0. The Kier molecular flexibility index (Phi) is 6.08. The van der Waals surface area contributed by atoms with Crippen LogP contribution in [0, 0.1) is 0 Å². The molecule has 0 radical (unpaired) electrons. The molecular weight excluding hydrogens is 335 g/mol. The Labute approximate surface area is 135 Å². The van der Waals surface area contributed by atoms with E-state index < -0.39 is 10.9 Å². The number of rotatable bonds is 5. The molecule has 0 bridgehead atoms. The minimum absolute atomic E-state index is 0.572. The smallest absolute Gasteiger partial charge is 0.135 e. The van der Waals surface area contributed by atoms with E-state index in [1.54, 1.807) is 48.5 Å². The first-order chi connectivity index (χ1) is 9.56. The Morgan fingerprint density at radius 1 is 0.750 bits per heavy atom. The number of hydrogen-bond donors (Lipinski definition) is 2. The zero-order valence-corrected chi connectivity index (χ0v) is 13.4. The van der Waals surface area contributed by atoms with Crippen molar-refractivity contribution in [3.05, 3.63) is 69.7 Å². The molecule has 0 spiro atoms. The van der Waals surface area contributed by atoms with Crippen LogP contribution in [0.4, 0.5) is 0 Å². The highest BCUT2D eigenvalue weighted by molar-refractivity contribution is 8.76. The normalized spacial score (nSPS) is 14.0. The maximum Gasteiger partial charge on any atom is 0.135 e. The number of hydrogen-bond acceptors (Lipinski definition) is 4. The van der Waals surface area contributed by atoms with Gasteiger partial charge in [0.15, 0.2) is 0 Å². The van der Waals surface area contributed by atoms with Gasteiger partial charge in [0, 0.05) is 10.0 Å². The predicted octanol–water partition coefficient (Wildman–Crippen LogP) is 5.06.